The molecule has 0 aromatic heterocycles. The molecule has 0 spiro atoms. The zero-order valence-corrected chi connectivity index (χ0v) is 14.9. The van der Waals surface area contributed by atoms with Gasteiger partial charge in [-0.3, -0.25) is 4.79 Å². The van der Waals surface area contributed by atoms with Crippen molar-refractivity contribution in [1.29, 1.82) is 0 Å². The normalized spacial score (nSPS) is 10.2. The van der Waals surface area contributed by atoms with Crippen molar-refractivity contribution in [3.8, 4) is 17.2 Å². The molecule has 1 amide bonds. The van der Waals surface area contributed by atoms with Crippen LogP contribution in [0, 0.1) is 0 Å². The largest absolute Gasteiger partial charge is 0.495 e. The maximum absolute atomic E-state index is 12.1. The van der Waals surface area contributed by atoms with E-state index in [1.54, 1.807) is 24.3 Å². The molecular weight excluding hydrogens is 344 g/mol. The number of carbonyl (C=O) groups is 1. The van der Waals surface area contributed by atoms with E-state index in [0.29, 0.717) is 53.1 Å². The maximum Gasteiger partial charge on any atom is 0.224 e. The maximum atomic E-state index is 12.1. The smallest absolute Gasteiger partial charge is 0.224 e. The first-order valence-corrected chi connectivity index (χ1v) is 8.11. The molecule has 0 radical (unpaired) electrons. The first-order chi connectivity index (χ1) is 12.0. The number of hydrogen-bond donors (Lipinski definition) is 2. The summed E-state index contributed by atoms with van der Waals surface area (Å²) in [6, 6.07) is 10.5. The number of carbonyl (C=O) groups excluding carboxylic acids is 1. The molecule has 0 aliphatic rings. The first kappa shape index (κ1) is 18.7. The predicted molar refractivity (Wildman–Crippen MR) is 98.8 cm³/mol. The summed E-state index contributed by atoms with van der Waals surface area (Å²) in [5.74, 6) is 1.38. The van der Waals surface area contributed by atoms with E-state index in [-0.39, 0.29) is 5.91 Å². The fourth-order valence-corrected chi connectivity index (χ4v) is 2.43. The van der Waals surface area contributed by atoms with E-state index < -0.39 is 0 Å². The molecule has 2 aromatic rings. The number of benzene rings is 2. The third-order valence-electron chi connectivity index (χ3n) is 3.47. The lowest BCUT2D eigenvalue weighted by Gasteiger charge is -2.13. The van der Waals surface area contributed by atoms with Gasteiger partial charge in [0.05, 0.1) is 37.2 Å². The molecule has 0 atom stereocenters. The Morgan fingerprint density at radius 1 is 1.12 bits per heavy atom. The van der Waals surface area contributed by atoms with E-state index in [1.807, 2.05) is 12.1 Å². The number of nitrogens with one attached hydrogen (secondary N) is 1. The number of nitrogen functional groups attached to an aromatic ring is 1. The lowest BCUT2D eigenvalue weighted by molar-refractivity contribution is -0.116. The van der Waals surface area contributed by atoms with Crippen LogP contribution in [0.5, 0.6) is 17.2 Å². The van der Waals surface area contributed by atoms with Gasteiger partial charge in [-0.25, -0.2) is 0 Å². The third-order valence-corrected chi connectivity index (χ3v) is 3.77. The average molecular weight is 365 g/mol. The summed E-state index contributed by atoms with van der Waals surface area (Å²) in [6.07, 6.45) is 0.841. The standard InChI is InChI=1S/C18H21ClN2O4/c1-23-16-11-14(17(24-2)10-12(16)19)21-18(22)8-5-9-25-15-7-4-3-6-13(15)20/h3-4,6-7,10-11H,5,8-9,20H2,1-2H3,(H,21,22). The lowest BCUT2D eigenvalue weighted by Crippen LogP contribution is -2.13. The van der Waals surface area contributed by atoms with Crippen LogP contribution in [0.2, 0.25) is 5.02 Å². The van der Waals surface area contributed by atoms with Gasteiger partial charge in [0.15, 0.2) is 0 Å². The SMILES string of the molecule is COc1cc(NC(=O)CCCOc2ccccc2N)c(OC)cc1Cl. The Morgan fingerprint density at radius 3 is 2.52 bits per heavy atom. The van der Waals surface area contributed by atoms with Gasteiger partial charge in [0, 0.05) is 18.6 Å². The van der Waals surface area contributed by atoms with E-state index in [9.17, 15) is 4.79 Å². The van der Waals surface area contributed by atoms with Crippen LogP contribution >= 0.6 is 11.6 Å². The van der Waals surface area contributed by atoms with E-state index in [0.717, 1.165) is 0 Å². The number of amides is 1. The van der Waals surface area contributed by atoms with E-state index in [1.165, 1.54) is 14.2 Å². The third kappa shape index (κ3) is 5.19. The summed E-state index contributed by atoms with van der Waals surface area (Å²) < 4.78 is 16.0. The van der Waals surface area contributed by atoms with Crippen LogP contribution in [0.4, 0.5) is 11.4 Å². The van der Waals surface area contributed by atoms with Gasteiger partial charge in [0.25, 0.3) is 0 Å². The van der Waals surface area contributed by atoms with Gasteiger partial charge >= 0.3 is 0 Å². The number of ether oxygens (including phenoxy) is 3. The highest BCUT2D eigenvalue weighted by atomic mass is 35.5. The minimum absolute atomic E-state index is 0.160. The molecule has 2 aromatic carbocycles. The molecular formula is C18H21ClN2O4. The van der Waals surface area contributed by atoms with E-state index >= 15 is 0 Å². The van der Waals surface area contributed by atoms with E-state index in [2.05, 4.69) is 5.32 Å². The highest BCUT2D eigenvalue weighted by Crippen LogP contribution is 2.35. The van der Waals surface area contributed by atoms with Crippen molar-refractivity contribution >= 4 is 28.9 Å². The quantitative estimate of drug-likeness (QED) is 0.550. The Labute approximate surface area is 151 Å². The minimum atomic E-state index is -0.160. The molecule has 134 valence electrons. The van der Waals surface area contributed by atoms with Crippen molar-refractivity contribution < 1.29 is 19.0 Å². The van der Waals surface area contributed by atoms with Crippen LogP contribution in [-0.4, -0.2) is 26.7 Å². The molecule has 3 N–H and O–H groups in total. The van der Waals surface area contributed by atoms with Crippen molar-refractivity contribution in [2.24, 2.45) is 0 Å². The van der Waals surface area contributed by atoms with Crippen LogP contribution in [0.3, 0.4) is 0 Å². The molecule has 0 bridgehead atoms. The van der Waals surface area contributed by atoms with Crippen LogP contribution in [0.15, 0.2) is 36.4 Å². The van der Waals surface area contributed by atoms with Crippen molar-refractivity contribution in [2.75, 3.05) is 31.9 Å². The summed E-state index contributed by atoms with van der Waals surface area (Å²) in [7, 11) is 3.01. The summed E-state index contributed by atoms with van der Waals surface area (Å²) in [5, 5.41) is 3.20. The molecule has 6 nitrogen and oxygen atoms in total. The Kier molecular flexibility index (Phi) is 6.77. The predicted octanol–water partition coefficient (Wildman–Crippen LogP) is 3.74. The number of halogens is 1. The highest BCUT2D eigenvalue weighted by molar-refractivity contribution is 6.32. The molecule has 25 heavy (non-hydrogen) atoms. The van der Waals surface area contributed by atoms with Gasteiger partial charge in [-0.1, -0.05) is 23.7 Å². The van der Waals surface area contributed by atoms with Gasteiger partial charge in [-0.2, -0.15) is 0 Å². The fraction of sp³-hybridized carbons (Fsp3) is 0.278. The second-order valence-electron chi connectivity index (χ2n) is 5.23. The highest BCUT2D eigenvalue weighted by Gasteiger charge is 2.12. The molecule has 0 unspecified atom stereocenters. The van der Waals surface area contributed by atoms with Gasteiger partial charge in [-0.15, -0.1) is 0 Å². The monoisotopic (exact) mass is 364 g/mol. The van der Waals surface area contributed by atoms with Gasteiger partial charge in [-0.05, 0) is 18.6 Å². The minimum Gasteiger partial charge on any atom is -0.495 e. The number of hydrogen-bond acceptors (Lipinski definition) is 5. The van der Waals surface area contributed by atoms with Crippen LogP contribution in [0.25, 0.3) is 0 Å². The molecule has 0 aliphatic carbocycles. The van der Waals surface area contributed by atoms with Gasteiger partial charge < -0.3 is 25.3 Å². The summed E-state index contributed by atoms with van der Waals surface area (Å²) >= 11 is 6.05. The number of nitrogens with two attached hydrogens (primary N) is 1. The Morgan fingerprint density at radius 2 is 1.84 bits per heavy atom. The molecule has 0 saturated carbocycles. The zero-order chi connectivity index (χ0) is 18.2. The topological polar surface area (TPSA) is 82.8 Å². The van der Waals surface area contributed by atoms with Gasteiger partial charge in [0.2, 0.25) is 5.91 Å². The Hall–Kier alpha value is -2.60. The second-order valence-corrected chi connectivity index (χ2v) is 5.63. The zero-order valence-electron chi connectivity index (χ0n) is 14.2. The Balaban J connectivity index is 1.87. The second kappa shape index (κ2) is 9.03. The summed E-state index contributed by atoms with van der Waals surface area (Å²) in [6.45, 7) is 0.392. The van der Waals surface area contributed by atoms with Gasteiger partial charge in [0.1, 0.15) is 17.2 Å². The summed E-state index contributed by atoms with van der Waals surface area (Å²) in [4.78, 5) is 12.1. The molecule has 0 heterocycles. The first-order valence-electron chi connectivity index (χ1n) is 7.73. The van der Waals surface area contributed by atoms with Crippen LogP contribution in [-0.2, 0) is 4.79 Å². The number of rotatable bonds is 8. The molecule has 0 saturated heterocycles. The van der Waals surface area contributed by atoms with Crippen molar-refractivity contribution in [2.45, 2.75) is 12.8 Å². The fourth-order valence-electron chi connectivity index (χ4n) is 2.20. The summed E-state index contributed by atoms with van der Waals surface area (Å²) in [5.41, 5.74) is 6.87. The number of methoxy groups -OCH3 is 2. The Bertz CT molecular complexity index is 737. The molecule has 2 rings (SSSR count). The van der Waals surface area contributed by atoms with Crippen LogP contribution < -0.4 is 25.3 Å². The van der Waals surface area contributed by atoms with E-state index in [4.69, 9.17) is 31.5 Å². The molecule has 7 heteroatoms. The van der Waals surface area contributed by atoms with Crippen molar-refractivity contribution in [1.82, 2.24) is 0 Å². The molecule has 0 fully saturated rings. The van der Waals surface area contributed by atoms with Crippen molar-refractivity contribution in [3.05, 3.63) is 41.4 Å². The molecule has 0 aliphatic heterocycles. The lowest BCUT2D eigenvalue weighted by atomic mass is 10.2. The van der Waals surface area contributed by atoms with Crippen molar-refractivity contribution in [3.63, 3.8) is 0 Å². The van der Waals surface area contributed by atoms with Crippen LogP contribution in [0.1, 0.15) is 12.8 Å². The number of para-hydroxylation sites is 2. The number of anilines is 2. The average Bonchev–Trinajstić information content (AvgIpc) is 2.61.